The first-order valence-corrected chi connectivity index (χ1v) is 7.06. The first-order valence-electron chi connectivity index (χ1n) is 6.33. The molecule has 1 aromatic carbocycles. The summed E-state index contributed by atoms with van der Waals surface area (Å²) in [7, 11) is 0. The van der Waals surface area contributed by atoms with Crippen LogP contribution >= 0.6 is 25.8 Å². The van der Waals surface area contributed by atoms with Crippen LogP contribution in [0.2, 0.25) is 0 Å². The third kappa shape index (κ3) is 3.34. The molecule has 0 saturated heterocycles. The van der Waals surface area contributed by atoms with Crippen LogP contribution in [0.25, 0.3) is 0 Å². The van der Waals surface area contributed by atoms with E-state index >= 15 is 0 Å². The van der Waals surface area contributed by atoms with Crippen molar-refractivity contribution in [3.05, 3.63) is 35.9 Å². The molecule has 0 aliphatic heterocycles. The van der Waals surface area contributed by atoms with Crippen molar-refractivity contribution in [2.45, 2.75) is 19.3 Å². The second kappa shape index (κ2) is 6.79. The molecular formula is C14H18O3S2. The largest absolute Gasteiger partial charge is 0.317 e. The van der Waals surface area contributed by atoms with Crippen molar-refractivity contribution in [1.82, 2.24) is 0 Å². The number of Topliss-reactive ketones (excluding diaryl/α,β-unsaturated/α-hetero) is 1. The minimum absolute atomic E-state index is 0.0365. The molecule has 0 aromatic heterocycles. The molecule has 3 nitrogen and oxygen atoms in total. The van der Waals surface area contributed by atoms with Gasteiger partial charge in [0.05, 0.1) is 18.6 Å². The van der Waals surface area contributed by atoms with Crippen LogP contribution < -0.4 is 0 Å². The number of rotatable bonds is 6. The van der Waals surface area contributed by atoms with Crippen LogP contribution in [0, 0.1) is 11.3 Å². The molecule has 19 heavy (non-hydrogen) atoms. The molecule has 1 atom stereocenters. The molecule has 104 valence electrons. The molecule has 0 N–H and O–H groups in total. The van der Waals surface area contributed by atoms with Crippen LogP contribution in [0.4, 0.5) is 0 Å². The molecule has 2 rings (SSSR count). The maximum absolute atomic E-state index is 12.6. The number of hydrogen-bond donors (Lipinski definition) is 2. The summed E-state index contributed by atoms with van der Waals surface area (Å²) in [6.07, 6.45) is 2.41. The van der Waals surface area contributed by atoms with Gasteiger partial charge >= 0.3 is 0 Å². The summed E-state index contributed by atoms with van der Waals surface area (Å²) in [4.78, 5) is 12.6. The molecule has 0 spiro atoms. The van der Waals surface area contributed by atoms with Gasteiger partial charge in [0.15, 0.2) is 0 Å². The van der Waals surface area contributed by atoms with Gasteiger partial charge in [-0.15, -0.1) is 0 Å². The lowest BCUT2D eigenvalue weighted by atomic mass is 9.84. The number of ketones is 1. The summed E-state index contributed by atoms with van der Waals surface area (Å²) < 4.78 is 9.82. The van der Waals surface area contributed by atoms with Gasteiger partial charge in [0.1, 0.15) is 5.78 Å². The Morgan fingerprint density at radius 2 is 1.79 bits per heavy atom. The summed E-state index contributed by atoms with van der Waals surface area (Å²) in [6.45, 7) is 0.557. The van der Waals surface area contributed by atoms with Gasteiger partial charge < -0.3 is 8.37 Å². The smallest absolute Gasteiger partial charge is 0.147 e. The Morgan fingerprint density at radius 3 is 2.37 bits per heavy atom. The zero-order valence-corrected chi connectivity index (χ0v) is 12.4. The molecular weight excluding hydrogens is 280 g/mol. The first kappa shape index (κ1) is 14.9. The number of hydrogen-bond acceptors (Lipinski definition) is 5. The van der Waals surface area contributed by atoms with Crippen molar-refractivity contribution in [2.75, 3.05) is 13.2 Å². The fraction of sp³-hybridized carbons (Fsp3) is 0.500. The minimum Gasteiger partial charge on any atom is -0.317 e. The van der Waals surface area contributed by atoms with Gasteiger partial charge in [0.2, 0.25) is 0 Å². The molecule has 1 aliphatic carbocycles. The average Bonchev–Trinajstić information content (AvgIpc) is 2.71. The van der Waals surface area contributed by atoms with Crippen LogP contribution in [0.3, 0.4) is 0 Å². The average molecular weight is 298 g/mol. The van der Waals surface area contributed by atoms with Gasteiger partial charge in [-0.25, -0.2) is 0 Å². The van der Waals surface area contributed by atoms with Gasteiger partial charge in [-0.1, -0.05) is 30.3 Å². The maximum Gasteiger partial charge on any atom is 0.147 e. The lowest BCUT2D eigenvalue weighted by Crippen LogP contribution is -2.37. The van der Waals surface area contributed by atoms with E-state index in [1.807, 2.05) is 18.2 Å². The van der Waals surface area contributed by atoms with E-state index in [0.29, 0.717) is 0 Å². The summed E-state index contributed by atoms with van der Waals surface area (Å²) in [6, 6.07) is 10.1. The second-order valence-electron chi connectivity index (χ2n) is 5.12. The van der Waals surface area contributed by atoms with Gasteiger partial charge in [0.25, 0.3) is 0 Å². The fourth-order valence-corrected chi connectivity index (χ4v) is 3.30. The fourth-order valence-electron chi connectivity index (χ4n) is 2.81. The van der Waals surface area contributed by atoms with Crippen LogP contribution in [0.1, 0.15) is 18.4 Å². The lowest BCUT2D eigenvalue weighted by molar-refractivity contribution is -0.131. The lowest BCUT2D eigenvalue weighted by Gasteiger charge is -2.25. The Morgan fingerprint density at radius 1 is 1.16 bits per heavy atom. The molecule has 1 aromatic rings. The molecule has 1 aliphatic rings. The summed E-state index contributed by atoms with van der Waals surface area (Å²) >= 11 is 7.56. The van der Waals surface area contributed by atoms with E-state index < -0.39 is 5.41 Å². The SMILES string of the molecule is O=C1C(Cc2ccccc2)CCC1(COS)COS. The highest BCUT2D eigenvalue weighted by Crippen LogP contribution is 2.41. The van der Waals surface area contributed by atoms with Crippen molar-refractivity contribution in [2.24, 2.45) is 11.3 Å². The van der Waals surface area contributed by atoms with Gasteiger partial charge in [-0.3, -0.25) is 4.79 Å². The van der Waals surface area contributed by atoms with Crippen LogP contribution in [-0.4, -0.2) is 19.0 Å². The Hall–Kier alpha value is -0.490. The maximum atomic E-state index is 12.6. The normalized spacial score (nSPS) is 21.8. The number of thiol groups is 2. The Balaban J connectivity index is 2.07. The van der Waals surface area contributed by atoms with Crippen molar-refractivity contribution >= 4 is 31.6 Å². The zero-order valence-electron chi connectivity index (χ0n) is 10.6. The van der Waals surface area contributed by atoms with E-state index in [1.165, 1.54) is 5.56 Å². The van der Waals surface area contributed by atoms with Gasteiger partial charge in [-0.2, -0.15) is 0 Å². The number of carbonyl (C=O) groups excluding carboxylic acids is 1. The third-order valence-corrected chi connectivity index (χ3v) is 4.13. The topological polar surface area (TPSA) is 35.5 Å². The van der Waals surface area contributed by atoms with Crippen molar-refractivity contribution in [3.8, 4) is 0 Å². The van der Waals surface area contributed by atoms with E-state index in [9.17, 15) is 4.79 Å². The molecule has 0 amide bonds. The van der Waals surface area contributed by atoms with E-state index in [4.69, 9.17) is 8.37 Å². The quantitative estimate of drug-likeness (QED) is 0.626. The molecule has 0 radical (unpaired) electrons. The molecule has 1 fully saturated rings. The predicted molar refractivity (Wildman–Crippen MR) is 80.2 cm³/mol. The highest BCUT2D eigenvalue weighted by Gasteiger charge is 2.48. The van der Waals surface area contributed by atoms with E-state index in [1.54, 1.807) is 0 Å². The molecule has 0 heterocycles. The summed E-state index contributed by atoms with van der Waals surface area (Å²) in [5, 5.41) is 0. The second-order valence-corrected chi connectivity index (χ2v) is 5.63. The predicted octanol–water partition coefficient (Wildman–Crippen LogP) is 2.92. The van der Waals surface area contributed by atoms with Crippen LogP contribution in [-0.2, 0) is 19.6 Å². The van der Waals surface area contributed by atoms with Crippen LogP contribution in [0.15, 0.2) is 30.3 Å². The van der Waals surface area contributed by atoms with Crippen LogP contribution in [0.5, 0.6) is 0 Å². The Labute approximate surface area is 124 Å². The molecule has 1 unspecified atom stereocenters. The number of benzene rings is 1. The van der Waals surface area contributed by atoms with Crippen molar-refractivity contribution < 1.29 is 13.2 Å². The minimum atomic E-state index is -0.580. The zero-order chi connectivity index (χ0) is 13.7. The highest BCUT2D eigenvalue weighted by atomic mass is 32.1. The van der Waals surface area contributed by atoms with Crippen molar-refractivity contribution in [3.63, 3.8) is 0 Å². The van der Waals surface area contributed by atoms with Crippen molar-refractivity contribution in [1.29, 1.82) is 0 Å². The number of carbonyl (C=O) groups is 1. The summed E-state index contributed by atoms with van der Waals surface area (Å²) in [5.74, 6) is 0.244. The van der Waals surface area contributed by atoms with E-state index in [0.717, 1.165) is 19.3 Å². The summed E-state index contributed by atoms with van der Waals surface area (Å²) in [5.41, 5.74) is 0.610. The van der Waals surface area contributed by atoms with Gasteiger partial charge in [0, 0.05) is 5.92 Å². The molecule has 1 saturated carbocycles. The Kier molecular flexibility index (Phi) is 5.33. The standard InChI is InChI=1S/C14H18O3S2/c15-13-12(8-11-4-2-1-3-5-11)6-7-14(13,9-16-18)10-17-19/h1-5,12,18-19H,6-10H2. The van der Waals surface area contributed by atoms with E-state index in [2.05, 4.69) is 38.0 Å². The highest BCUT2D eigenvalue weighted by molar-refractivity contribution is 7.75. The first-order chi connectivity index (χ1) is 9.22. The third-order valence-electron chi connectivity index (χ3n) is 3.87. The Bertz CT molecular complexity index is 416. The monoisotopic (exact) mass is 298 g/mol. The van der Waals surface area contributed by atoms with Gasteiger partial charge in [-0.05, 0) is 50.6 Å². The van der Waals surface area contributed by atoms with E-state index in [-0.39, 0.29) is 24.9 Å². The molecule has 5 heteroatoms. The molecule has 0 bridgehead atoms.